The number of nitrogens with zero attached hydrogens (tertiary/aromatic N) is 2. The number of piperazine rings is 1. The Bertz CT molecular complexity index is 547. The van der Waals surface area contributed by atoms with Crippen LogP contribution in [0.3, 0.4) is 0 Å². The molecule has 8 heteroatoms. The minimum absolute atomic E-state index is 0. The molecule has 3 rings (SSSR count). The van der Waals surface area contributed by atoms with E-state index in [-0.39, 0.29) is 47.2 Å². The molecule has 0 aromatic heterocycles. The lowest BCUT2D eigenvalue weighted by atomic mass is 9.88. The van der Waals surface area contributed by atoms with Gasteiger partial charge in [-0.2, -0.15) is 0 Å². The van der Waals surface area contributed by atoms with E-state index in [1.807, 2.05) is 0 Å². The normalized spacial score (nSPS) is 20.0. The monoisotopic (exact) mass is 377 g/mol. The fourth-order valence-corrected chi connectivity index (χ4v) is 3.93. The number of benzene rings is 1. The van der Waals surface area contributed by atoms with E-state index in [0.29, 0.717) is 11.5 Å². The number of nitro groups is 1. The highest BCUT2D eigenvalue weighted by molar-refractivity contribution is 5.85. The summed E-state index contributed by atoms with van der Waals surface area (Å²) >= 11 is 0. The van der Waals surface area contributed by atoms with Crippen LogP contribution in [0.15, 0.2) is 18.2 Å². The molecule has 24 heavy (non-hydrogen) atoms. The number of rotatable bonds is 4. The molecule has 1 aliphatic heterocycles. The van der Waals surface area contributed by atoms with Crippen LogP contribution in [-0.2, 0) is 0 Å². The average Bonchev–Trinajstić information content (AvgIpc) is 3.02. The predicted molar refractivity (Wildman–Crippen MR) is 98.4 cm³/mol. The lowest BCUT2D eigenvalue weighted by Gasteiger charge is -2.38. The van der Waals surface area contributed by atoms with Gasteiger partial charge in [0.15, 0.2) is 0 Å². The molecule has 0 unspecified atom stereocenters. The van der Waals surface area contributed by atoms with Crippen LogP contribution in [0.4, 0.5) is 5.69 Å². The summed E-state index contributed by atoms with van der Waals surface area (Å²) in [5.74, 6) is 0.553. The van der Waals surface area contributed by atoms with Crippen LogP contribution in [-0.4, -0.2) is 41.1 Å². The first-order valence-corrected chi connectivity index (χ1v) is 8.09. The topological polar surface area (TPSA) is 78.6 Å². The average molecular weight is 378 g/mol. The molecular formula is C16H25Cl2N3O3. The summed E-state index contributed by atoms with van der Waals surface area (Å²) in [5.41, 5.74) is 0.812. The second-order valence-corrected chi connectivity index (χ2v) is 6.28. The molecular weight excluding hydrogens is 353 g/mol. The standard InChI is InChI=1S/C16H23N3O3.2ClH/c20-13-5-6-15(19(21)22)14(11-13)16(12-3-1-2-4-12)18-9-7-17-8-10-18;;/h5-6,11-12,16-17,20H,1-4,7-10H2;2*1H/t16-;;/m1../s1. The van der Waals surface area contributed by atoms with E-state index in [9.17, 15) is 15.2 Å². The third-order valence-electron chi connectivity index (χ3n) is 4.92. The Morgan fingerprint density at radius 3 is 2.42 bits per heavy atom. The first-order chi connectivity index (χ1) is 10.7. The smallest absolute Gasteiger partial charge is 0.274 e. The Balaban J connectivity index is 0.00000144. The molecule has 0 bridgehead atoms. The van der Waals surface area contributed by atoms with Gasteiger partial charge < -0.3 is 10.4 Å². The summed E-state index contributed by atoms with van der Waals surface area (Å²) in [7, 11) is 0. The number of aromatic hydroxyl groups is 1. The molecule has 0 spiro atoms. The second kappa shape index (κ2) is 9.42. The Morgan fingerprint density at radius 1 is 1.21 bits per heavy atom. The number of hydrogen-bond donors (Lipinski definition) is 2. The maximum Gasteiger partial charge on any atom is 0.274 e. The summed E-state index contributed by atoms with van der Waals surface area (Å²) in [6.45, 7) is 3.62. The van der Waals surface area contributed by atoms with Gasteiger partial charge in [-0.15, -0.1) is 24.8 Å². The first kappa shape index (κ1) is 21.0. The quantitative estimate of drug-likeness (QED) is 0.621. The number of phenols is 1. The van der Waals surface area contributed by atoms with Crippen LogP contribution in [0.2, 0.25) is 0 Å². The molecule has 136 valence electrons. The molecule has 2 fully saturated rings. The van der Waals surface area contributed by atoms with E-state index in [0.717, 1.165) is 39.0 Å². The van der Waals surface area contributed by atoms with Gasteiger partial charge in [-0.3, -0.25) is 15.0 Å². The summed E-state index contributed by atoms with van der Waals surface area (Å²) in [4.78, 5) is 13.5. The van der Waals surface area contributed by atoms with Crippen LogP contribution in [0, 0.1) is 16.0 Å². The fourth-order valence-electron chi connectivity index (χ4n) is 3.93. The zero-order chi connectivity index (χ0) is 15.5. The van der Waals surface area contributed by atoms with Crippen LogP contribution >= 0.6 is 24.8 Å². The third-order valence-corrected chi connectivity index (χ3v) is 4.92. The van der Waals surface area contributed by atoms with Crippen molar-refractivity contribution in [3.8, 4) is 5.75 Å². The summed E-state index contributed by atoms with van der Waals surface area (Å²) in [6, 6.07) is 4.49. The maximum atomic E-state index is 11.4. The molecule has 1 aromatic rings. The van der Waals surface area contributed by atoms with E-state index in [1.54, 1.807) is 6.07 Å². The van der Waals surface area contributed by atoms with Crippen LogP contribution < -0.4 is 5.32 Å². The van der Waals surface area contributed by atoms with Gasteiger partial charge in [0.05, 0.1) is 10.5 Å². The van der Waals surface area contributed by atoms with E-state index in [1.165, 1.54) is 25.0 Å². The summed E-state index contributed by atoms with van der Waals surface area (Å²) in [5, 5.41) is 24.6. The van der Waals surface area contributed by atoms with Crippen molar-refractivity contribution in [1.29, 1.82) is 0 Å². The molecule has 0 amide bonds. The van der Waals surface area contributed by atoms with E-state index < -0.39 is 0 Å². The van der Waals surface area contributed by atoms with Gasteiger partial charge in [-0.25, -0.2) is 0 Å². The van der Waals surface area contributed by atoms with Gasteiger partial charge in [-0.05, 0) is 30.9 Å². The van der Waals surface area contributed by atoms with Crippen molar-refractivity contribution in [2.45, 2.75) is 31.7 Å². The van der Waals surface area contributed by atoms with Gasteiger partial charge in [0, 0.05) is 38.3 Å². The van der Waals surface area contributed by atoms with E-state index >= 15 is 0 Å². The minimum atomic E-state index is -0.321. The van der Waals surface area contributed by atoms with Crippen molar-refractivity contribution >= 4 is 30.5 Å². The van der Waals surface area contributed by atoms with Gasteiger partial charge in [-0.1, -0.05) is 12.8 Å². The highest BCUT2D eigenvalue weighted by Gasteiger charge is 2.35. The summed E-state index contributed by atoms with van der Waals surface area (Å²) in [6.07, 6.45) is 4.61. The molecule has 1 aromatic carbocycles. The van der Waals surface area contributed by atoms with Crippen LogP contribution in [0.5, 0.6) is 5.75 Å². The van der Waals surface area contributed by atoms with Gasteiger partial charge >= 0.3 is 0 Å². The largest absolute Gasteiger partial charge is 0.508 e. The molecule has 6 nitrogen and oxygen atoms in total. The molecule has 1 saturated carbocycles. The van der Waals surface area contributed by atoms with Crippen LogP contribution in [0.25, 0.3) is 0 Å². The number of hydrogen-bond acceptors (Lipinski definition) is 5. The molecule has 1 saturated heterocycles. The van der Waals surface area contributed by atoms with Crippen LogP contribution in [0.1, 0.15) is 37.3 Å². The number of nitro benzene ring substituents is 1. The molecule has 2 N–H and O–H groups in total. The lowest BCUT2D eigenvalue weighted by molar-refractivity contribution is -0.386. The van der Waals surface area contributed by atoms with Gasteiger partial charge in [0.1, 0.15) is 5.75 Å². The lowest BCUT2D eigenvalue weighted by Crippen LogP contribution is -2.46. The van der Waals surface area contributed by atoms with Crippen molar-refractivity contribution in [2.24, 2.45) is 5.92 Å². The van der Waals surface area contributed by atoms with E-state index in [2.05, 4.69) is 10.2 Å². The SMILES string of the molecule is Cl.Cl.O=[N+]([O-])c1ccc(O)cc1[C@@H](C1CCCC1)N1CCNCC1. The zero-order valence-corrected chi connectivity index (χ0v) is 15.2. The minimum Gasteiger partial charge on any atom is -0.508 e. The highest BCUT2D eigenvalue weighted by atomic mass is 35.5. The van der Waals surface area contributed by atoms with Gasteiger partial charge in [0.2, 0.25) is 0 Å². The Labute approximate surface area is 154 Å². The number of nitrogens with one attached hydrogen (secondary N) is 1. The highest BCUT2D eigenvalue weighted by Crippen LogP contribution is 2.43. The van der Waals surface area contributed by atoms with Crippen molar-refractivity contribution in [3.05, 3.63) is 33.9 Å². The Hall–Kier alpha value is -1.08. The van der Waals surface area contributed by atoms with Crippen molar-refractivity contribution < 1.29 is 10.0 Å². The molecule has 0 radical (unpaired) electrons. The van der Waals surface area contributed by atoms with Gasteiger partial charge in [0.25, 0.3) is 5.69 Å². The number of phenolic OH excluding ortho intramolecular Hbond substituents is 1. The molecule has 1 heterocycles. The predicted octanol–water partition coefficient (Wildman–Crippen LogP) is 3.28. The Kier molecular flexibility index (Phi) is 8.22. The molecule has 1 atom stereocenters. The maximum absolute atomic E-state index is 11.4. The van der Waals surface area contributed by atoms with Crippen molar-refractivity contribution in [1.82, 2.24) is 10.2 Å². The second-order valence-electron chi connectivity index (χ2n) is 6.28. The van der Waals surface area contributed by atoms with E-state index in [4.69, 9.17) is 0 Å². The molecule has 2 aliphatic rings. The Morgan fingerprint density at radius 2 is 1.83 bits per heavy atom. The van der Waals surface area contributed by atoms with Crippen molar-refractivity contribution in [2.75, 3.05) is 26.2 Å². The van der Waals surface area contributed by atoms with Crippen molar-refractivity contribution in [3.63, 3.8) is 0 Å². The fraction of sp³-hybridized carbons (Fsp3) is 0.625. The first-order valence-electron chi connectivity index (χ1n) is 8.09. The zero-order valence-electron chi connectivity index (χ0n) is 13.5. The third kappa shape index (κ3) is 4.51. The summed E-state index contributed by atoms with van der Waals surface area (Å²) < 4.78 is 0. The number of halogens is 2. The molecule has 1 aliphatic carbocycles.